The summed E-state index contributed by atoms with van der Waals surface area (Å²) in [6.45, 7) is 5.22. The summed E-state index contributed by atoms with van der Waals surface area (Å²) in [5.41, 5.74) is 10.0. The summed E-state index contributed by atoms with van der Waals surface area (Å²) in [4.78, 5) is 33.8. The van der Waals surface area contributed by atoms with Crippen molar-refractivity contribution in [3.63, 3.8) is 0 Å². The minimum Gasteiger partial charge on any atom is -0.508 e. The first kappa shape index (κ1) is 64.0. The SMILES string of the molecule is C.CC#C[C@@H](CC(=O)O)c1ccc(OC2CCc3ccc(OC)cc32)cc1.CC#C[C@@H](CC(=O)OC)c1ccc(O)cc1.CC#C[C@@H](CC(=O)OC)c1ccc(OC2CCc3ccc(OC)cc32)cc1.COc1ccc2c(c1)C(O)CC2. The molecule has 3 aliphatic rings. The fourth-order valence-corrected chi connectivity index (χ4v) is 9.82. The highest BCUT2D eigenvalue weighted by atomic mass is 16.5. The van der Waals surface area contributed by atoms with Gasteiger partial charge in [0.2, 0.25) is 0 Å². The van der Waals surface area contributed by atoms with Crippen LogP contribution in [0.25, 0.3) is 0 Å². The van der Waals surface area contributed by atoms with Crippen molar-refractivity contribution >= 4 is 17.9 Å². The molecule has 0 aliphatic heterocycles. The van der Waals surface area contributed by atoms with Gasteiger partial charge in [0.05, 0.1) is 78.7 Å². The van der Waals surface area contributed by atoms with Gasteiger partial charge in [0.1, 0.15) is 46.7 Å². The molecule has 0 saturated heterocycles. The molecule has 0 aromatic heterocycles. The van der Waals surface area contributed by atoms with Crippen LogP contribution in [0.3, 0.4) is 0 Å². The first-order chi connectivity index (χ1) is 39.2. The van der Waals surface area contributed by atoms with Gasteiger partial charge in [0, 0.05) is 0 Å². The van der Waals surface area contributed by atoms with Crippen LogP contribution < -0.4 is 23.7 Å². The van der Waals surface area contributed by atoms with Gasteiger partial charge in [0.15, 0.2) is 0 Å². The van der Waals surface area contributed by atoms with Gasteiger partial charge in [-0.15, -0.1) is 17.8 Å². The molecule has 6 atom stereocenters. The highest BCUT2D eigenvalue weighted by Gasteiger charge is 2.27. The van der Waals surface area contributed by atoms with Crippen LogP contribution in [0.4, 0.5) is 0 Å². The van der Waals surface area contributed by atoms with E-state index in [1.807, 2.05) is 84.9 Å². The second-order valence-corrected chi connectivity index (χ2v) is 19.3. The summed E-state index contributed by atoms with van der Waals surface area (Å²) in [5, 5.41) is 27.8. The number of ether oxygens (including phenoxy) is 7. The normalized spacial score (nSPS) is 15.5. The zero-order valence-corrected chi connectivity index (χ0v) is 47.4. The number of hydrogen-bond acceptors (Lipinski definition) is 12. The van der Waals surface area contributed by atoms with Crippen molar-refractivity contribution in [1.29, 1.82) is 0 Å². The van der Waals surface area contributed by atoms with Gasteiger partial charge in [0.25, 0.3) is 0 Å². The lowest BCUT2D eigenvalue weighted by Gasteiger charge is -2.17. The molecule has 0 radical (unpaired) electrons. The molecular weight excluding hydrogens is 1040 g/mol. The number of phenols is 1. The molecule has 82 heavy (non-hydrogen) atoms. The Labute approximate surface area is 483 Å². The second-order valence-electron chi connectivity index (χ2n) is 19.3. The fraction of sp³-hybridized carbons (Fsp3) is 0.348. The number of carbonyl (C=O) groups excluding carboxylic acids is 2. The zero-order chi connectivity index (χ0) is 58.3. The second kappa shape index (κ2) is 32.4. The van der Waals surface area contributed by atoms with Gasteiger partial charge in [-0.1, -0.05) is 79.8 Å². The van der Waals surface area contributed by atoms with Crippen LogP contribution in [0.5, 0.6) is 34.5 Å². The molecule has 6 aromatic rings. The van der Waals surface area contributed by atoms with E-state index in [0.717, 1.165) is 89.5 Å². The number of esters is 2. The maximum atomic E-state index is 11.6. The minimum absolute atomic E-state index is 0. The highest BCUT2D eigenvalue weighted by Crippen LogP contribution is 2.39. The number of aromatic hydroxyl groups is 1. The van der Waals surface area contributed by atoms with Crippen molar-refractivity contribution in [2.75, 3.05) is 35.5 Å². The predicted molar refractivity (Wildman–Crippen MR) is 317 cm³/mol. The molecule has 0 heterocycles. The Morgan fingerprint density at radius 1 is 0.476 bits per heavy atom. The van der Waals surface area contributed by atoms with Gasteiger partial charge in [-0.25, -0.2) is 0 Å². The quantitative estimate of drug-likeness (QED) is 0.0617. The van der Waals surface area contributed by atoms with E-state index in [1.165, 1.54) is 42.0 Å². The first-order valence-electron chi connectivity index (χ1n) is 26.9. The molecule has 0 bridgehead atoms. The van der Waals surface area contributed by atoms with Gasteiger partial charge in [-0.2, -0.15) is 0 Å². The van der Waals surface area contributed by atoms with Crippen molar-refractivity contribution in [2.24, 2.45) is 0 Å². The number of methoxy groups -OCH3 is 5. The summed E-state index contributed by atoms with van der Waals surface area (Å²) in [5.74, 6) is 19.7. The number of rotatable bonds is 16. The maximum absolute atomic E-state index is 11.6. The third-order valence-electron chi connectivity index (χ3n) is 14.1. The van der Waals surface area contributed by atoms with Gasteiger partial charge < -0.3 is 48.5 Å². The topological polar surface area (TPSA) is 177 Å². The van der Waals surface area contributed by atoms with E-state index in [4.69, 9.17) is 38.6 Å². The lowest BCUT2D eigenvalue weighted by molar-refractivity contribution is -0.141. The molecule has 0 fully saturated rings. The first-order valence-corrected chi connectivity index (χ1v) is 26.9. The van der Waals surface area contributed by atoms with E-state index in [0.29, 0.717) is 0 Å². The van der Waals surface area contributed by atoms with Crippen molar-refractivity contribution in [3.8, 4) is 70.0 Å². The van der Waals surface area contributed by atoms with Crippen molar-refractivity contribution < 1.29 is 62.9 Å². The third kappa shape index (κ3) is 18.4. The molecule has 430 valence electrons. The van der Waals surface area contributed by atoms with Crippen LogP contribution in [0, 0.1) is 35.5 Å². The summed E-state index contributed by atoms with van der Waals surface area (Å²) < 4.78 is 37.5. The molecule has 0 amide bonds. The Balaban J connectivity index is 0.000000209. The molecule has 0 spiro atoms. The van der Waals surface area contributed by atoms with Crippen LogP contribution in [-0.4, -0.2) is 68.8 Å². The van der Waals surface area contributed by atoms with E-state index in [9.17, 15) is 19.5 Å². The number of aliphatic hydroxyl groups excluding tert-OH is 1. The summed E-state index contributed by atoms with van der Waals surface area (Å²) in [7, 11) is 7.73. The maximum Gasteiger partial charge on any atom is 0.307 e. The van der Waals surface area contributed by atoms with Gasteiger partial charge in [-0.05, 0) is 182 Å². The number of fused-ring (bicyclic) bond motifs is 3. The zero-order valence-electron chi connectivity index (χ0n) is 47.4. The molecule has 3 aliphatic carbocycles. The van der Waals surface area contributed by atoms with Gasteiger partial charge in [-0.3, -0.25) is 14.4 Å². The van der Waals surface area contributed by atoms with Gasteiger partial charge >= 0.3 is 17.9 Å². The summed E-state index contributed by atoms with van der Waals surface area (Å²) in [6.07, 6.45) is 5.96. The van der Waals surface area contributed by atoms with E-state index < -0.39 is 5.97 Å². The standard InChI is InChI=1S/C23H24O4.C22H22O4.C13H14O3.C10H12O2.CH4/c1-4-5-18(14-23(24)26-3)16-6-10-19(11-7-16)27-22-13-9-17-8-12-20(25-2)15-21(17)22;1-3-4-17(13-22(23)24)15-5-9-18(10-6-15)26-21-12-8-16-7-11-19(25-2)14-20(16)21;1-3-4-11(9-13(15)16-2)10-5-7-12(14)8-6-10;1-12-8-4-2-7-3-5-10(11)9(7)6-8;/h6-8,10-12,15,18,22H,9,13-14H2,1-3H3;5-7,9-11,14,17,21H,8,12-13H2,1-2H3,(H,23,24);5-8,11,14H,9H2,1-2H3;2,4,6,10-11H,3,5H2,1H3;1H4/t18-,22?;17-,21?;11-;;/m000../s1. The number of aliphatic carboxylic acids is 1. The number of hydrogen-bond donors (Lipinski definition) is 3. The molecule has 0 saturated carbocycles. The van der Waals surface area contributed by atoms with Crippen molar-refractivity contribution in [1.82, 2.24) is 0 Å². The van der Waals surface area contributed by atoms with E-state index >= 15 is 0 Å². The predicted octanol–water partition coefficient (Wildman–Crippen LogP) is 13.1. The molecule has 9 rings (SSSR count). The van der Waals surface area contributed by atoms with E-state index in [2.05, 4.69) is 58.5 Å². The number of carbonyl (C=O) groups is 3. The number of carboxylic acids is 1. The van der Waals surface area contributed by atoms with Crippen molar-refractivity contribution in [3.05, 3.63) is 177 Å². The molecule has 13 heteroatoms. The summed E-state index contributed by atoms with van der Waals surface area (Å²) in [6, 6.07) is 40.2. The number of phenolic OH excluding ortho intramolecular Hbond substituents is 1. The molecule has 6 aromatic carbocycles. The number of carboxylic acid groups (broad SMARTS) is 1. The number of aryl methyl sites for hydroxylation is 3. The summed E-state index contributed by atoms with van der Waals surface area (Å²) >= 11 is 0. The molecular formula is C69H76O13. The fourth-order valence-electron chi connectivity index (χ4n) is 9.82. The van der Waals surface area contributed by atoms with E-state index in [-0.39, 0.29) is 80.4 Å². The van der Waals surface area contributed by atoms with Crippen LogP contribution in [0.1, 0.15) is 153 Å². The van der Waals surface area contributed by atoms with Crippen LogP contribution in [-0.2, 0) is 43.1 Å². The third-order valence-corrected chi connectivity index (χ3v) is 14.1. The smallest absolute Gasteiger partial charge is 0.307 e. The highest BCUT2D eigenvalue weighted by molar-refractivity contribution is 5.72. The number of aliphatic hydroxyl groups is 1. The Morgan fingerprint density at radius 3 is 1.16 bits per heavy atom. The molecule has 13 nitrogen and oxygen atoms in total. The Kier molecular flexibility index (Phi) is 25.3. The monoisotopic (exact) mass is 1110 g/mol. The lowest BCUT2D eigenvalue weighted by atomic mass is 9.96. The Morgan fingerprint density at radius 2 is 0.805 bits per heavy atom. The van der Waals surface area contributed by atoms with Crippen LogP contribution >= 0.6 is 0 Å². The number of benzene rings is 6. The Hall–Kier alpha value is -8.83. The van der Waals surface area contributed by atoms with Crippen LogP contribution in [0.2, 0.25) is 0 Å². The molecule has 3 unspecified atom stereocenters. The van der Waals surface area contributed by atoms with Crippen molar-refractivity contribution in [2.45, 2.75) is 122 Å². The van der Waals surface area contributed by atoms with Crippen LogP contribution in [0.15, 0.2) is 127 Å². The average Bonchev–Trinajstić information content (AvgIpc) is 4.28. The minimum atomic E-state index is -0.852. The average molecular weight is 1110 g/mol. The Bertz CT molecular complexity index is 3240. The lowest BCUT2D eigenvalue weighted by Crippen LogP contribution is -2.08. The van der Waals surface area contributed by atoms with E-state index in [1.54, 1.807) is 66.4 Å². The molecule has 3 N–H and O–H groups in total. The largest absolute Gasteiger partial charge is 0.508 e.